The van der Waals surface area contributed by atoms with E-state index < -0.39 is 11.6 Å². The number of carbonyl (C=O) groups is 1. The number of hydrogen-bond donors (Lipinski definition) is 1. The number of halogens is 2. The standard InChI is InChI=1S/C18H10Br2N2O4/c1-8(23)25-16-11(19)7-9-6-10(18(24)26-15(9)14(16)20)17-21-12-4-2-3-5-13(12)22-17/h2-7H,1H3,(H,21,22). The highest BCUT2D eigenvalue weighted by molar-refractivity contribution is 9.11. The number of imidazole rings is 1. The molecule has 0 saturated carbocycles. The summed E-state index contributed by atoms with van der Waals surface area (Å²) in [5.41, 5.74) is 1.64. The van der Waals surface area contributed by atoms with Gasteiger partial charge in [-0.1, -0.05) is 12.1 Å². The van der Waals surface area contributed by atoms with E-state index in [-0.39, 0.29) is 11.3 Å². The average molecular weight is 478 g/mol. The van der Waals surface area contributed by atoms with Crippen LogP contribution >= 0.6 is 31.9 Å². The minimum atomic E-state index is -0.548. The van der Waals surface area contributed by atoms with Gasteiger partial charge in [0.25, 0.3) is 0 Å². The van der Waals surface area contributed by atoms with Crippen LogP contribution in [0.3, 0.4) is 0 Å². The van der Waals surface area contributed by atoms with Crippen molar-refractivity contribution in [1.82, 2.24) is 9.97 Å². The second-order valence-electron chi connectivity index (χ2n) is 5.56. The Morgan fingerprint density at radius 3 is 2.73 bits per heavy atom. The number of carbonyl (C=O) groups excluding carboxylic acids is 1. The minimum absolute atomic E-state index is 0.254. The van der Waals surface area contributed by atoms with Gasteiger partial charge in [0.15, 0.2) is 11.3 Å². The van der Waals surface area contributed by atoms with Gasteiger partial charge in [0.05, 0.1) is 15.5 Å². The van der Waals surface area contributed by atoms with E-state index in [2.05, 4.69) is 41.8 Å². The number of fused-ring (bicyclic) bond motifs is 2. The molecule has 0 spiro atoms. The van der Waals surface area contributed by atoms with Crippen LogP contribution < -0.4 is 10.4 Å². The summed E-state index contributed by atoms with van der Waals surface area (Å²) in [6, 6.07) is 10.9. The lowest BCUT2D eigenvalue weighted by atomic mass is 10.1. The predicted octanol–water partition coefficient (Wildman–Crippen LogP) is 4.79. The lowest BCUT2D eigenvalue weighted by Crippen LogP contribution is -2.06. The Balaban J connectivity index is 1.94. The quantitative estimate of drug-likeness (QED) is 0.255. The topological polar surface area (TPSA) is 85.2 Å². The van der Waals surface area contributed by atoms with Gasteiger partial charge in [-0.05, 0) is 56.1 Å². The molecule has 0 amide bonds. The van der Waals surface area contributed by atoms with Crippen molar-refractivity contribution in [3.63, 3.8) is 0 Å². The first-order valence-electron chi connectivity index (χ1n) is 7.53. The first kappa shape index (κ1) is 17.0. The molecule has 2 aromatic carbocycles. The van der Waals surface area contributed by atoms with E-state index in [1.807, 2.05) is 24.3 Å². The van der Waals surface area contributed by atoms with Gasteiger partial charge in [0.2, 0.25) is 0 Å². The molecule has 26 heavy (non-hydrogen) atoms. The van der Waals surface area contributed by atoms with Crippen LogP contribution in [-0.2, 0) is 4.79 Å². The molecular weight excluding hydrogens is 468 g/mol. The maximum atomic E-state index is 12.5. The molecule has 130 valence electrons. The number of ether oxygens (including phenoxy) is 1. The molecule has 0 aliphatic carbocycles. The lowest BCUT2D eigenvalue weighted by molar-refractivity contribution is -0.131. The Labute approximate surface area is 163 Å². The minimum Gasteiger partial charge on any atom is -0.424 e. The summed E-state index contributed by atoms with van der Waals surface area (Å²) in [5, 5.41) is 0.648. The maximum absolute atomic E-state index is 12.5. The van der Waals surface area contributed by atoms with Crippen molar-refractivity contribution in [3.05, 3.63) is 55.8 Å². The van der Waals surface area contributed by atoms with Gasteiger partial charge in [0.1, 0.15) is 15.9 Å². The SMILES string of the molecule is CC(=O)Oc1c(Br)cc2cc(-c3nc4ccccc4[nH]3)c(=O)oc2c1Br. The number of para-hydroxylation sites is 2. The number of aromatic amines is 1. The molecule has 4 rings (SSSR count). The van der Waals surface area contributed by atoms with Crippen LogP contribution in [0.4, 0.5) is 0 Å². The fourth-order valence-corrected chi connectivity index (χ4v) is 4.05. The summed E-state index contributed by atoms with van der Waals surface area (Å²) in [6.07, 6.45) is 0. The van der Waals surface area contributed by atoms with Crippen LogP contribution in [0.5, 0.6) is 5.75 Å². The van der Waals surface area contributed by atoms with Gasteiger partial charge in [-0.2, -0.15) is 0 Å². The molecule has 2 heterocycles. The third kappa shape index (κ3) is 2.85. The van der Waals surface area contributed by atoms with Crippen molar-refractivity contribution in [3.8, 4) is 17.1 Å². The smallest absolute Gasteiger partial charge is 0.347 e. The zero-order valence-electron chi connectivity index (χ0n) is 13.3. The molecule has 0 bridgehead atoms. The lowest BCUT2D eigenvalue weighted by Gasteiger charge is -2.09. The van der Waals surface area contributed by atoms with Crippen LogP contribution in [0, 0.1) is 0 Å². The van der Waals surface area contributed by atoms with Crippen LogP contribution in [0.1, 0.15) is 6.92 Å². The summed E-state index contributed by atoms with van der Waals surface area (Å²) in [5.74, 6) is 0.204. The Morgan fingerprint density at radius 1 is 1.23 bits per heavy atom. The molecule has 0 aliphatic heterocycles. The molecular formula is C18H10Br2N2O4. The van der Waals surface area contributed by atoms with E-state index in [1.165, 1.54) is 6.92 Å². The Kier molecular flexibility index (Phi) is 4.16. The van der Waals surface area contributed by atoms with Gasteiger partial charge in [-0.3, -0.25) is 4.79 Å². The fraction of sp³-hybridized carbons (Fsp3) is 0.0556. The molecule has 4 aromatic rings. The van der Waals surface area contributed by atoms with Gasteiger partial charge < -0.3 is 14.1 Å². The third-order valence-electron chi connectivity index (χ3n) is 3.76. The number of benzene rings is 2. The molecule has 0 fully saturated rings. The fourth-order valence-electron chi connectivity index (χ4n) is 2.66. The summed E-state index contributed by atoms with van der Waals surface area (Å²) in [6.45, 7) is 1.30. The van der Waals surface area contributed by atoms with Crippen molar-refractivity contribution < 1.29 is 13.9 Å². The predicted molar refractivity (Wildman–Crippen MR) is 104 cm³/mol. The van der Waals surface area contributed by atoms with Gasteiger partial charge in [-0.15, -0.1) is 0 Å². The number of esters is 1. The molecule has 0 saturated heterocycles. The van der Waals surface area contributed by atoms with Crippen molar-refractivity contribution >= 4 is 59.8 Å². The van der Waals surface area contributed by atoms with E-state index in [4.69, 9.17) is 9.15 Å². The van der Waals surface area contributed by atoms with E-state index >= 15 is 0 Å². The third-order valence-corrected chi connectivity index (χ3v) is 5.07. The molecule has 6 nitrogen and oxygen atoms in total. The van der Waals surface area contributed by atoms with Crippen LogP contribution in [0.15, 0.2) is 54.6 Å². The molecule has 8 heteroatoms. The zero-order valence-corrected chi connectivity index (χ0v) is 16.5. The van der Waals surface area contributed by atoms with Crippen molar-refractivity contribution in [1.29, 1.82) is 0 Å². The molecule has 0 unspecified atom stereocenters. The largest absolute Gasteiger partial charge is 0.424 e. The summed E-state index contributed by atoms with van der Waals surface area (Å²) >= 11 is 6.71. The van der Waals surface area contributed by atoms with Gasteiger partial charge in [0, 0.05) is 12.3 Å². The number of H-pyrrole nitrogens is 1. The summed E-state index contributed by atoms with van der Waals surface area (Å²) in [7, 11) is 0. The Hall–Kier alpha value is -2.45. The number of aromatic nitrogens is 2. The van der Waals surface area contributed by atoms with Crippen molar-refractivity contribution in [2.24, 2.45) is 0 Å². The molecule has 0 atom stereocenters. The van der Waals surface area contributed by atoms with Crippen molar-refractivity contribution in [2.45, 2.75) is 6.92 Å². The highest BCUT2D eigenvalue weighted by atomic mass is 79.9. The van der Waals surface area contributed by atoms with Crippen LogP contribution in [0.25, 0.3) is 33.4 Å². The second-order valence-corrected chi connectivity index (χ2v) is 7.21. The van der Waals surface area contributed by atoms with E-state index in [9.17, 15) is 9.59 Å². The van der Waals surface area contributed by atoms with Gasteiger partial charge in [-0.25, -0.2) is 9.78 Å². The number of hydrogen-bond acceptors (Lipinski definition) is 5. The molecule has 1 N–H and O–H groups in total. The highest BCUT2D eigenvalue weighted by Crippen LogP contribution is 2.40. The summed E-state index contributed by atoms with van der Waals surface area (Å²) < 4.78 is 11.6. The number of nitrogens with one attached hydrogen (secondary N) is 1. The Morgan fingerprint density at radius 2 is 2.00 bits per heavy atom. The van der Waals surface area contributed by atoms with E-state index in [1.54, 1.807) is 12.1 Å². The first-order valence-corrected chi connectivity index (χ1v) is 9.12. The average Bonchev–Trinajstić information content (AvgIpc) is 3.02. The van der Waals surface area contributed by atoms with E-state index in [0.717, 1.165) is 11.0 Å². The maximum Gasteiger partial charge on any atom is 0.347 e. The zero-order chi connectivity index (χ0) is 18.4. The molecule has 0 radical (unpaired) electrons. The molecule has 2 aromatic heterocycles. The molecule has 0 aliphatic rings. The number of rotatable bonds is 2. The first-order chi connectivity index (χ1) is 12.4. The monoisotopic (exact) mass is 476 g/mol. The normalized spacial score (nSPS) is 11.2. The van der Waals surface area contributed by atoms with E-state index in [0.29, 0.717) is 25.7 Å². The van der Waals surface area contributed by atoms with Crippen LogP contribution in [0.2, 0.25) is 0 Å². The number of nitrogens with zero attached hydrogens (tertiary/aromatic N) is 1. The van der Waals surface area contributed by atoms with Crippen LogP contribution in [-0.4, -0.2) is 15.9 Å². The Bertz CT molecular complexity index is 1210. The second kappa shape index (κ2) is 6.37. The highest BCUT2D eigenvalue weighted by Gasteiger charge is 2.19. The summed E-state index contributed by atoms with van der Waals surface area (Å²) in [4.78, 5) is 31.4. The van der Waals surface area contributed by atoms with Crippen molar-refractivity contribution in [2.75, 3.05) is 0 Å². The van der Waals surface area contributed by atoms with Gasteiger partial charge >= 0.3 is 11.6 Å².